The van der Waals surface area contributed by atoms with Crippen molar-refractivity contribution in [1.82, 2.24) is 4.90 Å². The van der Waals surface area contributed by atoms with Gasteiger partial charge >= 0.3 is 0 Å². The predicted octanol–water partition coefficient (Wildman–Crippen LogP) is 3.98. The summed E-state index contributed by atoms with van der Waals surface area (Å²) in [5.74, 6) is 0. The fourth-order valence-electron chi connectivity index (χ4n) is 2.39. The number of hydrogen-bond donors (Lipinski definition) is 1. The van der Waals surface area contributed by atoms with Gasteiger partial charge in [-0.1, -0.05) is 29.8 Å². The smallest absolute Gasteiger partial charge is 0.0530 e. The van der Waals surface area contributed by atoms with Crippen LogP contribution in [-0.4, -0.2) is 18.0 Å². The summed E-state index contributed by atoms with van der Waals surface area (Å²) in [6.45, 7) is 2.04. The first-order valence-electron chi connectivity index (χ1n) is 5.75. The van der Waals surface area contributed by atoms with Crippen LogP contribution in [-0.2, 0) is 0 Å². The van der Waals surface area contributed by atoms with Gasteiger partial charge in [-0.25, -0.2) is 0 Å². The maximum absolute atomic E-state index is 6.30. The monoisotopic (exact) mass is 264 g/mol. The van der Waals surface area contributed by atoms with Gasteiger partial charge < -0.3 is 0 Å². The van der Waals surface area contributed by atoms with Gasteiger partial charge in [0.25, 0.3) is 0 Å². The topological polar surface area (TPSA) is 3.24 Å². The van der Waals surface area contributed by atoms with Crippen molar-refractivity contribution in [1.29, 1.82) is 0 Å². The zero-order valence-corrected chi connectivity index (χ0v) is 11.2. The lowest BCUT2D eigenvalue weighted by molar-refractivity contribution is 0.394. The molecule has 2 aliphatic heterocycles. The van der Waals surface area contributed by atoms with Crippen molar-refractivity contribution in [2.45, 2.75) is 11.3 Å². The minimum absolute atomic E-state index is 0.325. The second-order valence-electron chi connectivity index (χ2n) is 4.41. The van der Waals surface area contributed by atoms with Gasteiger partial charge in [-0.05, 0) is 34.4 Å². The van der Waals surface area contributed by atoms with E-state index in [-0.39, 0.29) is 10.9 Å². The molecule has 89 valence electrons. The Labute approximate surface area is 110 Å². The Bertz CT molecular complexity index is 507. The average molecular weight is 265 g/mol. The van der Waals surface area contributed by atoms with E-state index < -0.39 is 0 Å². The van der Waals surface area contributed by atoms with Crippen LogP contribution in [0.15, 0.2) is 51.1 Å². The van der Waals surface area contributed by atoms with E-state index in [0.717, 1.165) is 24.5 Å². The van der Waals surface area contributed by atoms with E-state index in [1.165, 1.54) is 10.5 Å². The molecule has 0 saturated carbocycles. The number of benzene rings is 1. The molecule has 1 aromatic carbocycles. The lowest BCUT2D eigenvalue weighted by atomic mass is 10.1. The van der Waals surface area contributed by atoms with E-state index in [0.29, 0.717) is 0 Å². The van der Waals surface area contributed by atoms with Crippen molar-refractivity contribution in [3.05, 3.63) is 58.3 Å². The molecule has 0 saturated heterocycles. The SMILES string of the molecule is [CH2]N1CCC2=C(C=C[SH]2c2ccccc2Cl)C1. The van der Waals surface area contributed by atoms with E-state index in [9.17, 15) is 0 Å². The van der Waals surface area contributed by atoms with Gasteiger partial charge in [0.2, 0.25) is 0 Å². The molecule has 3 heteroatoms. The van der Waals surface area contributed by atoms with Gasteiger partial charge in [-0.3, -0.25) is 4.90 Å². The summed E-state index contributed by atoms with van der Waals surface area (Å²) in [6.07, 6.45) is 3.39. The second kappa shape index (κ2) is 4.52. The van der Waals surface area contributed by atoms with Crippen LogP contribution in [0.2, 0.25) is 5.02 Å². The van der Waals surface area contributed by atoms with Crippen molar-refractivity contribution in [2.24, 2.45) is 0 Å². The van der Waals surface area contributed by atoms with Crippen LogP contribution in [0, 0.1) is 7.05 Å². The molecule has 1 aromatic rings. The summed E-state index contributed by atoms with van der Waals surface area (Å²) < 4.78 is 0. The summed E-state index contributed by atoms with van der Waals surface area (Å²) in [5, 5.41) is 3.23. The third-order valence-corrected chi connectivity index (χ3v) is 6.17. The molecule has 2 aliphatic rings. The summed E-state index contributed by atoms with van der Waals surface area (Å²) in [7, 11) is 3.69. The summed E-state index contributed by atoms with van der Waals surface area (Å²) in [5.41, 5.74) is 1.46. The third-order valence-electron chi connectivity index (χ3n) is 3.26. The van der Waals surface area contributed by atoms with E-state index in [1.54, 1.807) is 4.91 Å². The standard InChI is InChI=1S/C14H15ClNS/c1-16-8-6-13-11(10-16)7-9-17(13)14-5-3-2-4-12(14)15/h2-5,7,9,17H,1,6,8,10H2. The maximum atomic E-state index is 6.30. The Morgan fingerprint density at radius 1 is 1.29 bits per heavy atom. The van der Waals surface area contributed by atoms with Gasteiger partial charge in [0.1, 0.15) is 0 Å². The zero-order valence-electron chi connectivity index (χ0n) is 9.56. The van der Waals surface area contributed by atoms with Gasteiger partial charge in [0.15, 0.2) is 0 Å². The first-order chi connectivity index (χ1) is 8.25. The van der Waals surface area contributed by atoms with Crippen LogP contribution >= 0.6 is 22.5 Å². The van der Waals surface area contributed by atoms with Crippen molar-refractivity contribution in [3.63, 3.8) is 0 Å². The summed E-state index contributed by atoms with van der Waals surface area (Å²) in [4.78, 5) is 5.02. The molecule has 0 aliphatic carbocycles. The minimum atomic E-state index is -0.325. The summed E-state index contributed by atoms with van der Waals surface area (Å²) in [6, 6.07) is 8.22. The third kappa shape index (κ3) is 2.05. The molecule has 1 nitrogen and oxygen atoms in total. The number of nitrogens with zero attached hydrogens (tertiary/aromatic N) is 1. The van der Waals surface area contributed by atoms with E-state index in [1.807, 2.05) is 12.1 Å². The fourth-order valence-corrected chi connectivity index (χ4v) is 5.10. The molecule has 2 heterocycles. The highest BCUT2D eigenvalue weighted by Gasteiger charge is 2.24. The van der Waals surface area contributed by atoms with Crippen LogP contribution in [0.25, 0.3) is 0 Å². The lowest BCUT2D eigenvalue weighted by Gasteiger charge is -2.28. The van der Waals surface area contributed by atoms with Gasteiger partial charge in [-0.15, -0.1) is 0 Å². The van der Waals surface area contributed by atoms with E-state index >= 15 is 0 Å². The Balaban J connectivity index is 1.97. The van der Waals surface area contributed by atoms with Crippen molar-refractivity contribution < 1.29 is 0 Å². The molecule has 1 atom stereocenters. The molecule has 1 unspecified atom stereocenters. The molecule has 0 bridgehead atoms. The van der Waals surface area contributed by atoms with Crippen LogP contribution < -0.4 is 0 Å². The number of halogens is 1. The Morgan fingerprint density at radius 3 is 2.94 bits per heavy atom. The Morgan fingerprint density at radius 2 is 2.12 bits per heavy atom. The van der Waals surface area contributed by atoms with Crippen LogP contribution in [0.3, 0.4) is 0 Å². The van der Waals surface area contributed by atoms with Crippen molar-refractivity contribution >= 4 is 22.5 Å². The Kier molecular flexibility index (Phi) is 3.03. The van der Waals surface area contributed by atoms with Gasteiger partial charge in [0.05, 0.1) is 5.02 Å². The number of rotatable bonds is 1. The molecule has 0 fully saturated rings. The zero-order chi connectivity index (χ0) is 11.8. The molecule has 1 radical (unpaired) electrons. The largest absolute Gasteiger partial charge is 0.297 e. The molecular weight excluding hydrogens is 250 g/mol. The second-order valence-corrected chi connectivity index (χ2v) is 6.88. The Hall–Kier alpha value is -0.700. The normalized spacial score (nSPS) is 26.4. The highest BCUT2D eigenvalue weighted by molar-refractivity contribution is 8.23. The van der Waals surface area contributed by atoms with Crippen LogP contribution in [0.4, 0.5) is 0 Å². The average Bonchev–Trinajstić information content (AvgIpc) is 2.72. The quantitative estimate of drug-likeness (QED) is 0.751. The fraction of sp³-hybridized carbons (Fsp3) is 0.214. The first-order valence-corrected chi connectivity index (χ1v) is 7.54. The van der Waals surface area contributed by atoms with E-state index in [4.69, 9.17) is 11.6 Å². The van der Waals surface area contributed by atoms with Crippen LogP contribution in [0.5, 0.6) is 0 Å². The van der Waals surface area contributed by atoms with Gasteiger partial charge in [-0.2, -0.15) is 10.9 Å². The number of hydrogen-bond acceptors (Lipinski definition) is 1. The van der Waals surface area contributed by atoms with Crippen LogP contribution in [0.1, 0.15) is 6.42 Å². The predicted molar refractivity (Wildman–Crippen MR) is 76.4 cm³/mol. The highest BCUT2D eigenvalue weighted by Crippen LogP contribution is 2.55. The molecule has 0 aromatic heterocycles. The van der Waals surface area contributed by atoms with Gasteiger partial charge in [0, 0.05) is 25.0 Å². The van der Waals surface area contributed by atoms with Crippen molar-refractivity contribution in [2.75, 3.05) is 13.1 Å². The minimum Gasteiger partial charge on any atom is -0.297 e. The highest BCUT2D eigenvalue weighted by atomic mass is 35.5. The molecule has 17 heavy (non-hydrogen) atoms. The first kappa shape index (κ1) is 11.4. The molecule has 3 rings (SSSR count). The lowest BCUT2D eigenvalue weighted by Crippen LogP contribution is -2.24. The summed E-state index contributed by atoms with van der Waals surface area (Å²) >= 11 is 6.30. The maximum Gasteiger partial charge on any atom is 0.0530 e. The molecule has 0 amide bonds. The van der Waals surface area contributed by atoms with E-state index in [2.05, 4.69) is 35.6 Å². The molecule has 0 N–H and O–H groups in total. The molecular formula is C14H15ClNS. The molecule has 0 spiro atoms. The number of thiol groups is 1. The van der Waals surface area contributed by atoms with Crippen molar-refractivity contribution in [3.8, 4) is 0 Å².